The molecule has 3 heterocycles. The Balaban J connectivity index is 0.000000616. The number of imidazole rings is 1. The Kier molecular flexibility index (Phi) is 10.1. The van der Waals surface area contributed by atoms with Gasteiger partial charge in [0.25, 0.3) is 0 Å². The van der Waals surface area contributed by atoms with Crippen LogP contribution in [0.1, 0.15) is 37.7 Å². The van der Waals surface area contributed by atoms with E-state index in [4.69, 9.17) is 35.7 Å². The third kappa shape index (κ3) is 8.07. The van der Waals surface area contributed by atoms with Crippen LogP contribution in [0, 0.1) is 12.7 Å². The molecule has 2 aromatic heterocycles. The average Bonchev–Trinajstić information content (AvgIpc) is 3.44. The number of ether oxygens (including phenoxy) is 3. The Morgan fingerprint density at radius 3 is 2.40 bits per heavy atom. The lowest BCUT2D eigenvalue weighted by Gasteiger charge is -2.27. The van der Waals surface area contributed by atoms with Crippen molar-refractivity contribution in [3.63, 3.8) is 0 Å². The van der Waals surface area contributed by atoms with Gasteiger partial charge in [0.15, 0.2) is 0 Å². The number of aromatic nitrogens is 3. The van der Waals surface area contributed by atoms with Gasteiger partial charge in [0.05, 0.1) is 49.1 Å². The van der Waals surface area contributed by atoms with Crippen molar-refractivity contribution in [2.45, 2.75) is 65.3 Å². The van der Waals surface area contributed by atoms with Crippen molar-refractivity contribution < 1.29 is 46.5 Å². The van der Waals surface area contributed by atoms with Crippen LogP contribution in [0.4, 0.5) is 22.4 Å². The van der Waals surface area contributed by atoms with E-state index >= 15 is 0 Å². The Morgan fingerprint density at radius 2 is 1.83 bits per heavy atom. The predicted molar refractivity (Wildman–Crippen MR) is 145 cm³/mol. The fraction of sp³-hybridized carbons (Fsp3) is 0.481. The van der Waals surface area contributed by atoms with Crippen LogP contribution in [0.25, 0.3) is 22.3 Å². The number of likely N-dealkylation sites (N-methyl/N-ethyl adjacent to an activating group) is 1. The van der Waals surface area contributed by atoms with Crippen LogP contribution in [-0.2, 0) is 38.8 Å². The molecule has 0 spiro atoms. The lowest BCUT2D eigenvalue weighted by Crippen LogP contribution is -2.40. The van der Waals surface area contributed by atoms with Crippen molar-refractivity contribution in [3.8, 4) is 11.3 Å². The summed E-state index contributed by atoms with van der Waals surface area (Å²) in [5.41, 5.74) is 3.61. The molecule has 1 atom stereocenters. The Morgan fingerprint density at radius 1 is 1.19 bits per heavy atom. The van der Waals surface area contributed by atoms with Crippen LogP contribution in [-0.4, -0.2) is 75.2 Å². The molecule has 0 radical (unpaired) electrons. The average molecular weight is 619 g/mol. The highest BCUT2D eigenvalue weighted by Gasteiger charge is 2.38. The molecule has 0 unspecified atom stereocenters. The highest BCUT2D eigenvalue weighted by molar-refractivity contribution is 6.29. The maximum atomic E-state index is 14.7. The third-order valence-corrected chi connectivity index (χ3v) is 6.28. The topological polar surface area (TPSA) is 116 Å². The summed E-state index contributed by atoms with van der Waals surface area (Å²) >= 11 is 6.30. The zero-order valence-electron chi connectivity index (χ0n) is 23.8. The number of hydrogen-bond acceptors (Lipinski definition) is 7. The standard InChI is InChI=1S/C25H30ClFN4O4.C2HF3O2/c1-14-28-20-9-16(27)8-18(22-19-13-34-12-15(19)7-21(26)29-22)23(20)31(14)11-17(33-6)10-30(5)24(32)35-25(2,3)4;3-2(4,5)1(6)7/h7-9,17H,10-13H2,1-6H3;(H,6,7)/t17-;/m0./s1. The van der Waals surface area contributed by atoms with Crippen LogP contribution in [0.3, 0.4) is 0 Å². The number of nitrogens with zero attached hydrogens (tertiary/aromatic N) is 4. The Bertz CT molecular complexity index is 1470. The largest absolute Gasteiger partial charge is 0.490 e. The van der Waals surface area contributed by atoms with Gasteiger partial charge in [0.2, 0.25) is 0 Å². The van der Waals surface area contributed by atoms with Gasteiger partial charge >= 0.3 is 18.2 Å². The molecule has 0 fully saturated rings. The highest BCUT2D eigenvalue weighted by atomic mass is 35.5. The fourth-order valence-electron chi connectivity index (χ4n) is 4.25. The van der Waals surface area contributed by atoms with Crippen molar-refractivity contribution in [1.82, 2.24) is 19.4 Å². The molecule has 0 aliphatic carbocycles. The number of fused-ring (bicyclic) bond motifs is 2. The van der Waals surface area contributed by atoms with E-state index in [1.165, 1.54) is 17.0 Å². The number of aliphatic carboxylic acids is 1. The monoisotopic (exact) mass is 618 g/mol. The zero-order valence-corrected chi connectivity index (χ0v) is 24.6. The van der Waals surface area contributed by atoms with E-state index in [2.05, 4.69) is 9.97 Å². The molecule has 1 aliphatic heterocycles. The van der Waals surface area contributed by atoms with Crippen molar-refractivity contribution in [1.29, 1.82) is 0 Å². The zero-order chi connectivity index (χ0) is 31.6. The van der Waals surface area contributed by atoms with E-state index in [1.54, 1.807) is 20.2 Å². The summed E-state index contributed by atoms with van der Waals surface area (Å²) in [6.45, 7) is 8.79. The SMILES string of the molecule is CO[C@@H](CN(C)C(=O)OC(C)(C)C)Cn1c(C)nc2cc(F)cc(-c3nc(Cl)cc4c3COC4)c21.O=C(O)C(F)(F)F. The van der Waals surface area contributed by atoms with E-state index in [0.29, 0.717) is 54.1 Å². The summed E-state index contributed by atoms with van der Waals surface area (Å²) in [5, 5.41) is 7.44. The first kappa shape index (κ1) is 33.0. The maximum Gasteiger partial charge on any atom is 0.490 e. The molecule has 42 heavy (non-hydrogen) atoms. The van der Waals surface area contributed by atoms with E-state index in [1.807, 2.05) is 32.3 Å². The molecule has 1 aliphatic rings. The van der Waals surface area contributed by atoms with Crippen molar-refractivity contribution in [2.24, 2.45) is 0 Å². The minimum atomic E-state index is -5.08. The fourth-order valence-corrected chi connectivity index (χ4v) is 4.47. The van der Waals surface area contributed by atoms with Crippen LogP contribution in [0.15, 0.2) is 18.2 Å². The molecule has 15 heteroatoms. The second-order valence-corrected chi connectivity index (χ2v) is 10.9. The number of carbonyl (C=O) groups is 2. The Hall–Kier alpha value is -3.49. The molecule has 0 saturated carbocycles. The molecule has 4 rings (SSSR count). The van der Waals surface area contributed by atoms with Gasteiger partial charge in [-0.15, -0.1) is 0 Å². The number of halogens is 5. The smallest absolute Gasteiger partial charge is 0.475 e. The maximum absolute atomic E-state index is 14.7. The molecule has 1 aromatic carbocycles. The molecular weight excluding hydrogens is 588 g/mol. The molecular formula is C27H31ClF4N4O6. The van der Waals surface area contributed by atoms with Crippen molar-refractivity contribution >= 4 is 34.7 Å². The molecule has 0 bridgehead atoms. The first-order chi connectivity index (χ1) is 19.4. The molecule has 0 saturated heterocycles. The van der Waals surface area contributed by atoms with Gasteiger partial charge in [0, 0.05) is 31.4 Å². The minimum absolute atomic E-state index is 0.291. The van der Waals surface area contributed by atoms with Crippen LogP contribution >= 0.6 is 11.6 Å². The lowest BCUT2D eigenvalue weighted by atomic mass is 10.0. The van der Waals surface area contributed by atoms with Gasteiger partial charge in [-0.1, -0.05) is 11.6 Å². The third-order valence-electron chi connectivity index (χ3n) is 6.09. The first-order valence-corrected chi connectivity index (χ1v) is 13.0. The van der Waals surface area contributed by atoms with Crippen molar-refractivity contribution in [2.75, 3.05) is 20.7 Å². The second kappa shape index (κ2) is 12.8. The number of carboxylic acids is 1. The number of amides is 1. The van der Waals surface area contributed by atoms with Gasteiger partial charge in [-0.2, -0.15) is 13.2 Å². The van der Waals surface area contributed by atoms with Crippen LogP contribution in [0.2, 0.25) is 5.15 Å². The molecule has 10 nitrogen and oxygen atoms in total. The normalized spacial score (nSPS) is 13.8. The lowest BCUT2D eigenvalue weighted by molar-refractivity contribution is -0.192. The van der Waals surface area contributed by atoms with Gasteiger partial charge in [0.1, 0.15) is 22.4 Å². The number of carboxylic acid groups (broad SMARTS) is 1. The van der Waals surface area contributed by atoms with E-state index in [-0.39, 0.29) is 6.10 Å². The number of methoxy groups -OCH3 is 1. The van der Waals surface area contributed by atoms with Gasteiger partial charge in [-0.3, -0.25) is 0 Å². The number of aryl methyl sites for hydroxylation is 1. The summed E-state index contributed by atoms with van der Waals surface area (Å²) < 4.78 is 65.2. The quantitative estimate of drug-likeness (QED) is 0.274. The number of pyridine rings is 1. The molecule has 230 valence electrons. The van der Waals surface area contributed by atoms with Gasteiger partial charge in [-0.05, 0) is 45.4 Å². The molecule has 1 N–H and O–H groups in total. The van der Waals surface area contributed by atoms with E-state index in [0.717, 1.165) is 16.6 Å². The first-order valence-electron chi connectivity index (χ1n) is 12.6. The summed E-state index contributed by atoms with van der Waals surface area (Å²) in [7, 11) is 3.25. The van der Waals surface area contributed by atoms with E-state index < -0.39 is 29.7 Å². The molecule has 1 amide bonds. The predicted octanol–water partition coefficient (Wildman–Crippen LogP) is 5.74. The van der Waals surface area contributed by atoms with Crippen molar-refractivity contribution in [3.05, 3.63) is 46.1 Å². The van der Waals surface area contributed by atoms with Crippen LogP contribution < -0.4 is 0 Å². The number of hydrogen-bond donors (Lipinski definition) is 1. The number of alkyl halides is 3. The molecule has 3 aromatic rings. The highest BCUT2D eigenvalue weighted by Crippen LogP contribution is 2.36. The Labute approximate surface area is 244 Å². The summed E-state index contributed by atoms with van der Waals surface area (Å²) in [4.78, 5) is 32.0. The minimum Gasteiger partial charge on any atom is -0.475 e. The number of carbonyl (C=O) groups excluding carboxylic acids is 1. The summed E-state index contributed by atoms with van der Waals surface area (Å²) in [5.74, 6) is -2.49. The number of rotatable bonds is 6. The van der Waals surface area contributed by atoms with Gasteiger partial charge < -0.3 is 28.8 Å². The number of benzene rings is 1. The van der Waals surface area contributed by atoms with E-state index in [9.17, 15) is 22.4 Å². The summed E-state index contributed by atoms with van der Waals surface area (Å²) in [6.07, 6.45) is -5.89. The second-order valence-electron chi connectivity index (χ2n) is 10.5. The van der Waals surface area contributed by atoms with Crippen LogP contribution in [0.5, 0.6) is 0 Å². The summed E-state index contributed by atoms with van der Waals surface area (Å²) in [6, 6.07) is 4.63. The van der Waals surface area contributed by atoms with Gasteiger partial charge in [-0.25, -0.2) is 23.9 Å².